The van der Waals surface area contributed by atoms with Crippen LogP contribution in [0.15, 0.2) is 65.5 Å². The Morgan fingerprint density at radius 3 is 2.45 bits per heavy atom. The van der Waals surface area contributed by atoms with Crippen LogP contribution in [0.2, 0.25) is 0 Å². The van der Waals surface area contributed by atoms with E-state index in [1.807, 2.05) is 6.07 Å². The summed E-state index contributed by atoms with van der Waals surface area (Å²) in [5, 5.41) is 13.3. The number of pyridine rings is 1. The summed E-state index contributed by atoms with van der Waals surface area (Å²) in [5.41, 5.74) is -0.110. The maximum absolute atomic E-state index is 14.7. The molecule has 2 aromatic carbocycles. The van der Waals surface area contributed by atoms with Gasteiger partial charge in [0.1, 0.15) is 21.3 Å². The number of anilines is 2. The number of hydrogen-bond donors (Lipinski definition) is 2. The van der Waals surface area contributed by atoms with E-state index in [4.69, 9.17) is 0 Å². The van der Waals surface area contributed by atoms with Crippen molar-refractivity contribution in [1.29, 1.82) is 0 Å². The number of rotatable bonds is 5. The van der Waals surface area contributed by atoms with Crippen LogP contribution in [0.4, 0.5) is 25.0 Å². The second-order valence-corrected chi connectivity index (χ2v) is 11.6. The molecule has 0 spiro atoms. The number of hydrogen-bond acceptors (Lipinski definition) is 5. The van der Waals surface area contributed by atoms with Crippen molar-refractivity contribution in [3.8, 4) is 5.69 Å². The molecule has 3 heterocycles. The number of halogens is 2. The minimum Gasteiger partial charge on any atom is -0.465 e. The lowest BCUT2D eigenvalue weighted by molar-refractivity contribution is 0.0652. The predicted molar refractivity (Wildman–Crippen MR) is 151 cm³/mol. The Bertz CT molecular complexity index is 1660. The van der Waals surface area contributed by atoms with Gasteiger partial charge in [0.15, 0.2) is 0 Å². The van der Waals surface area contributed by atoms with E-state index < -0.39 is 29.3 Å². The van der Waals surface area contributed by atoms with Crippen LogP contribution in [0.1, 0.15) is 36.9 Å². The van der Waals surface area contributed by atoms with Crippen molar-refractivity contribution in [3.05, 3.63) is 87.5 Å². The van der Waals surface area contributed by atoms with Crippen molar-refractivity contribution in [2.75, 3.05) is 18.4 Å². The molecular weight excluding hydrogens is 538 g/mol. The van der Waals surface area contributed by atoms with Crippen LogP contribution in [0.5, 0.6) is 0 Å². The Balaban J connectivity index is 1.62. The zero-order valence-electron chi connectivity index (χ0n) is 22.1. The summed E-state index contributed by atoms with van der Waals surface area (Å²) in [7, 11) is 0. The van der Waals surface area contributed by atoms with E-state index in [0.717, 1.165) is 23.5 Å². The summed E-state index contributed by atoms with van der Waals surface area (Å²) in [6.45, 7) is 5.93. The lowest BCUT2D eigenvalue weighted by atomic mass is 10.0. The highest BCUT2D eigenvalue weighted by Crippen LogP contribution is 2.40. The molecule has 1 saturated heterocycles. The van der Waals surface area contributed by atoms with E-state index >= 15 is 0 Å². The number of carbonyl (C=O) groups excluding carboxylic acids is 1. The number of para-hydroxylation sites is 1. The van der Waals surface area contributed by atoms with Crippen LogP contribution in [0.25, 0.3) is 15.9 Å². The molecule has 208 valence electrons. The predicted octanol–water partition coefficient (Wildman–Crippen LogP) is 6.07. The number of carbonyl (C=O) groups is 2. The minimum atomic E-state index is -1.06. The second-order valence-electron chi connectivity index (χ2n) is 10.6. The van der Waals surface area contributed by atoms with Gasteiger partial charge in [-0.1, -0.05) is 18.2 Å². The topological polar surface area (TPSA) is 94.9 Å². The van der Waals surface area contributed by atoms with Gasteiger partial charge in [-0.2, -0.15) is 0 Å². The van der Waals surface area contributed by atoms with E-state index in [9.17, 15) is 28.3 Å². The van der Waals surface area contributed by atoms with Gasteiger partial charge in [0.05, 0.1) is 23.1 Å². The minimum absolute atomic E-state index is 0.0308. The smallest absolute Gasteiger partial charge is 0.408 e. The fourth-order valence-corrected chi connectivity index (χ4v) is 6.41. The van der Waals surface area contributed by atoms with Gasteiger partial charge in [0.25, 0.3) is 11.5 Å². The van der Waals surface area contributed by atoms with E-state index in [1.165, 1.54) is 21.6 Å². The van der Waals surface area contributed by atoms with E-state index in [-0.39, 0.29) is 34.3 Å². The second kappa shape index (κ2) is 10.4. The molecule has 2 N–H and O–H groups in total. The molecule has 0 aliphatic carbocycles. The molecule has 1 atom stereocenters. The van der Waals surface area contributed by atoms with Gasteiger partial charge in [-0.15, -0.1) is 11.3 Å². The lowest BCUT2D eigenvalue weighted by Gasteiger charge is -2.37. The van der Waals surface area contributed by atoms with Crippen LogP contribution in [0, 0.1) is 11.6 Å². The number of amides is 2. The van der Waals surface area contributed by atoms with Gasteiger partial charge in [0, 0.05) is 36.1 Å². The molecule has 5 rings (SSSR count). The number of nitrogens with one attached hydrogen (secondary N) is 1. The fraction of sp³-hybridized carbons (Fsp3) is 0.276. The third-order valence-electron chi connectivity index (χ3n) is 6.89. The molecule has 11 heteroatoms. The van der Waals surface area contributed by atoms with Crippen LogP contribution in [0.3, 0.4) is 0 Å². The van der Waals surface area contributed by atoms with E-state index in [1.54, 1.807) is 56.0 Å². The number of fused-ring (bicyclic) bond motifs is 1. The molecule has 0 saturated carbocycles. The molecule has 1 unspecified atom stereocenters. The largest absolute Gasteiger partial charge is 0.465 e. The summed E-state index contributed by atoms with van der Waals surface area (Å²) in [6.07, 6.45) is -0.598. The normalized spacial score (nSPS) is 15.4. The molecule has 4 aromatic rings. The number of carboxylic acid groups (broad SMARTS) is 1. The van der Waals surface area contributed by atoms with Crippen molar-refractivity contribution in [2.45, 2.75) is 38.8 Å². The van der Waals surface area contributed by atoms with Crippen molar-refractivity contribution in [1.82, 2.24) is 14.4 Å². The summed E-state index contributed by atoms with van der Waals surface area (Å²) < 4.78 is 29.8. The van der Waals surface area contributed by atoms with Gasteiger partial charge >= 0.3 is 6.09 Å². The highest BCUT2D eigenvalue weighted by molar-refractivity contribution is 7.21. The van der Waals surface area contributed by atoms with Crippen molar-refractivity contribution in [3.63, 3.8) is 0 Å². The maximum Gasteiger partial charge on any atom is 0.408 e. The maximum atomic E-state index is 14.7. The standard InChI is InChI=1S/C29H28F2N4O4S/c1-29(2,3)35(28(38)39)19-13-14-33(16-19)26(37)25-24(32-22-11-9-17(30)15-21(22)31)20-10-12-23(36)34(27(20)40-25)18-7-5-4-6-8-18/h4-12,15,19,32H,13-14,16H2,1-3H3,(H,38,39). The Labute approximate surface area is 233 Å². The first-order valence-corrected chi connectivity index (χ1v) is 13.5. The van der Waals surface area contributed by atoms with Crippen LogP contribution < -0.4 is 10.9 Å². The average molecular weight is 567 g/mol. The highest BCUT2D eigenvalue weighted by Gasteiger charge is 2.39. The van der Waals surface area contributed by atoms with Crippen LogP contribution in [-0.2, 0) is 0 Å². The van der Waals surface area contributed by atoms with Crippen molar-refractivity contribution in [2.24, 2.45) is 0 Å². The fourth-order valence-electron chi connectivity index (χ4n) is 5.18. The van der Waals surface area contributed by atoms with Crippen LogP contribution >= 0.6 is 11.3 Å². The Kier molecular flexibility index (Phi) is 7.09. The Morgan fingerprint density at radius 2 is 1.80 bits per heavy atom. The number of thiophene rings is 1. The third-order valence-corrected chi connectivity index (χ3v) is 8.06. The monoisotopic (exact) mass is 566 g/mol. The molecule has 1 fully saturated rings. The molecule has 0 bridgehead atoms. The zero-order valence-corrected chi connectivity index (χ0v) is 23.0. The van der Waals surface area contributed by atoms with Gasteiger partial charge in [0.2, 0.25) is 0 Å². The average Bonchev–Trinajstić information content (AvgIpc) is 3.50. The first-order valence-electron chi connectivity index (χ1n) is 12.7. The Hall–Kier alpha value is -4.25. The summed E-state index contributed by atoms with van der Waals surface area (Å²) in [5.74, 6) is -1.95. The number of nitrogens with zero attached hydrogens (tertiary/aromatic N) is 3. The molecule has 1 aliphatic rings. The quantitative estimate of drug-likeness (QED) is 0.306. The zero-order chi connectivity index (χ0) is 28.8. The number of benzene rings is 2. The number of likely N-dealkylation sites (tertiary alicyclic amines) is 1. The first kappa shape index (κ1) is 27.3. The molecule has 2 aromatic heterocycles. The van der Waals surface area contributed by atoms with Crippen molar-refractivity contribution >= 4 is 44.9 Å². The van der Waals surface area contributed by atoms with Gasteiger partial charge in [-0.25, -0.2) is 13.6 Å². The molecule has 2 amide bonds. The van der Waals surface area contributed by atoms with Gasteiger partial charge in [-0.3, -0.25) is 19.1 Å². The molecule has 40 heavy (non-hydrogen) atoms. The SMILES string of the molecule is CC(C)(C)N(C(=O)O)C1CCN(C(=O)c2sc3c(ccc(=O)n3-c3ccccc3)c2Nc2ccc(F)cc2F)C1. The van der Waals surface area contributed by atoms with E-state index in [0.29, 0.717) is 28.9 Å². The summed E-state index contributed by atoms with van der Waals surface area (Å²) in [6, 6.07) is 14.6. The summed E-state index contributed by atoms with van der Waals surface area (Å²) in [4.78, 5) is 42.7. The van der Waals surface area contributed by atoms with Crippen LogP contribution in [-0.4, -0.2) is 56.1 Å². The molecule has 0 radical (unpaired) electrons. The molecule has 8 nitrogen and oxygen atoms in total. The number of aromatic nitrogens is 1. The van der Waals surface area contributed by atoms with E-state index in [2.05, 4.69) is 5.32 Å². The van der Waals surface area contributed by atoms with Crippen molar-refractivity contribution < 1.29 is 23.5 Å². The third kappa shape index (κ3) is 5.04. The highest BCUT2D eigenvalue weighted by atomic mass is 32.1. The van der Waals surface area contributed by atoms with Gasteiger partial charge < -0.3 is 15.3 Å². The van der Waals surface area contributed by atoms with Gasteiger partial charge in [-0.05, 0) is 57.5 Å². The molecular formula is C29H28F2N4O4S. The summed E-state index contributed by atoms with van der Waals surface area (Å²) >= 11 is 1.09. The lowest BCUT2D eigenvalue weighted by Crippen LogP contribution is -2.52. The first-order chi connectivity index (χ1) is 19.0. The molecule has 1 aliphatic heterocycles. The Morgan fingerprint density at radius 1 is 1.07 bits per heavy atom.